The second-order valence-electron chi connectivity index (χ2n) is 19.7. The minimum absolute atomic E-state index is 0.0624. The van der Waals surface area contributed by atoms with E-state index in [1.54, 1.807) is 0 Å². The average molecular weight is 877 g/mol. The summed E-state index contributed by atoms with van der Waals surface area (Å²) in [5.74, 6) is -0.0208. The van der Waals surface area contributed by atoms with E-state index < -0.39 is 6.10 Å². The first-order valence-electron chi connectivity index (χ1n) is 27.9. The Balaban J connectivity index is 4.29. The standard InChI is InChI=1S/C56H108O6/c1-5-7-9-11-13-15-17-19-20-21-22-23-25-27-33-37-41-45-49-56(59)62-53(50-60-54(57)47-43-39-35-31-26-24-18-16-14-12-10-8-6-2)51-61-55(58)48-44-40-36-32-29-28-30-34-38-42-46-52(3)4/h52-53H,5-51H2,1-4H3/t53-/m0/s1. The Bertz CT molecular complexity index is 933. The van der Waals surface area contributed by atoms with Crippen molar-refractivity contribution in [1.29, 1.82) is 0 Å². The molecule has 0 fully saturated rings. The van der Waals surface area contributed by atoms with Gasteiger partial charge in [-0.25, -0.2) is 0 Å². The van der Waals surface area contributed by atoms with E-state index in [0.29, 0.717) is 19.3 Å². The van der Waals surface area contributed by atoms with E-state index in [1.165, 1.54) is 212 Å². The number of unbranched alkanes of at least 4 members (excludes halogenated alkanes) is 38. The fourth-order valence-corrected chi connectivity index (χ4v) is 8.57. The summed E-state index contributed by atoms with van der Waals surface area (Å²) < 4.78 is 16.9. The van der Waals surface area contributed by atoms with Gasteiger partial charge in [0.25, 0.3) is 0 Å². The lowest BCUT2D eigenvalue weighted by Crippen LogP contribution is -2.30. The summed E-state index contributed by atoms with van der Waals surface area (Å²) in [5, 5.41) is 0. The molecule has 62 heavy (non-hydrogen) atoms. The molecule has 0 aliphatic rings. The largest absolute Gasteiger partial charge is 0.462 e. The Morgan fingerprint density at radius 1 is 0.306 bits per heavy atom. The van der Waals surface area contributed by atoms with E-state index in [2.05, 4.69) is 27.7 Å². The van der Waals surface area contributed by atoms with Crippen LogP contribution >= 0.6 is 0 Å². The maximum absolute atomic E-state index is 12.8. The molecule has 0 radical (unpaired) electrons. The first-order valence-corrected chi connectivity index (χ1v) is 27.9. The van der Waals surface area contributed by atoms with E-state index in [1.807, 2.05) is 0 Å². The molecule has 6 nitrogen and oxygen atoms in total. The number of ether oxygens (including phenoxy) is 3. The summed E-state index contributed by atoms with van der Waals surface area (Å²) in [6.07, 6.45) is 53.8. The summed E-state index contributed by atoms with van der Waals surface area (Å²) in [7, 11) is 0. The third kappa shape index (κ3) is 49.4. The topological polar surface area (TPSA) is 78.9 Å². The van der Waals surface area contributed by atoms with Gasteiger partial charge in [0.05, 0.1) is 0 Å². The molecule has 0 saturated heterocycles. The molecule has 1 atom stereocenters. The highest BCUT2D eigenvalue weighted by Gasteiger charge is 2.19. The monoisotopic (exact) mass is 877 g/mol. The van der Waals surface area contributed by atoms with E-state index in [9.17, 15) is 14.4 Å². The maximum Gasteiger partial charge on any atom is 0.306 e. The summed E-state index contributed by atoms with van der Waals surface area (Å²) in [4.78, 5) is 38.0. The van der Waals surface area contributed by atoms with Gasteiger partial charge < -0.3 is 14.2 Å². The third-order valence-electron chi connectivity index (χ3n) is 12.8. The Labute approximate surface area is 387 Å². The molecule has 0 bridgehead atoms. The second kappa shape index (κ2) is 50.4. The Kier molecular flexibility index (Phi) is 49.1. The number of rotatable bonds is 51. The highest BCUT2D eigenvalue weighted by Crippen LogP contribution is 2.18. The molecule has 0 aliphatic heterocycles. The number of carbonyl (C=O) groups excluding carboxylic acids is 3. The number of carbonyl (C=O) groups is 3. The molecule has 0 N–H and O–H groups in total. The lowest BCUT2D eigenvalue weighted by Gasteiger charge is -2.18. The maximum atomic E-state index is 12.8. The number of esters is 3. The van der Waals surface area contributed by atoms with Crippen LogP contribution in [-0.2, 0) is 28.6 Å². The highest BCUT2D eigenvalue weighted by atomic mass is 16.6. The van der Waals surface area contributed by atoms with Crippen molar-refractivity contribution in [3.63, 3.8) is 0 Å². The molecule has 6 heteroatoms. The summed E-state index contributed by atoms with van der Waals surface area (Å²) in [6, 6.07) is 0. The van der Waals surface area contributed by atoms with Crippen molar-refractivity contribution in [3.05, 3.63) is 0 Å². The van der Waals surface area contributed by atoms with Crippen molar-refractivity contribution in [2.75, 3.05) is 13.2 Å². The number of hydrogen-bond donors (Lipinski definition) is 0. The van der Waals surface area contributed by atoms with Crippen molar-refractivity contribution in [2.24, 2.45) is 5.92 Å². The minimum Gasteiger partial charge on any atom is -0.462 e. The van der Waals surface area contributed by atoms with Crippen LogP contribution < -0.4 is 0 Å². The van der Waals surface area contributed by atoms with E-state index in [4.69, 9.17) is 14.2 Å². The molecule has 0 saturated carbocycles. The van der Waals surface area contributed by atoms with Crippen molar-refractivity contribution in [2.45, 2.75) is 323 Å². The smallest absolute Gasteiger partial charge is 0.306 e. The first-order chi connectivity index (χ1) is 30.4. The van der Waals surface area contributed by atoms with Crippen molar-refractivity contribution in [1.82, 2.24) is 0 Å². The SMILES string of the molecule is CCCCCCCCCCCCCCCCCCCCC(=O)O[C@@H](COC(=O)CCCCCCCCCCCCCCC)COC(=O)CCCCCCCCCCCCC(C)C. The van der Waals surface area contributed by atoms with Gasteiger partial charge in [-0.05, 0) is 25.2 Å². The van der Waals surface area contributed by atoms with Gasteiger partial charge in [0, 0.05) is 19.3 Å². The fraction of sp³-hybridized carbons (Fsp3) is 0.946. The van der Waals surface area contributed by atoms with Gasteiger partial charge >= 0.3 is 17.9 Å². The van der Waals surface area contributed by atoms with Crippen LogP contribution in [0.3, 0.4) is 0 Å². The molecule has 0 unspecified atom stereocenters. The molecule has 368 valence electrons. The van der Waals surface area contributed by atoms with Gasteiger partial charge in [0.2, 0.25) is 0 Å². The quantitative estimate of drug-likeness (QED) is 0.0344. The minimum atomic E-state index is -0.761. The molecule has 0 rings (SSSR count). The van der Waals surface area contributed by atoms with Gasteiger partial charge in [-0.2, -0.15) is 0 Å². The van der Waals surface area contributed by atoms with Crippen LogP contribution in [-0.4, -0.2) is 37.2 Å². The van der Waals surface area contributed by atoms with Crippen LogP contribution in [0.25, 0.3) is 0 Å². The molecular weight excluding hydrogens is 769 g/mol. The van der Waals surface area contributed by atoms with E-state index >= 15 is 0 Å². The van der Waals surface area contributed by atoms with Crippen LogP contribution in [0.4, 0.5) is 0 Å². The van der Waals surface area contributed by atoms with Gasteiger partial charge in [0.15, 0.2) is 6.10 Å². The molecular formula is C56H108O6. The Morgan fingerprint density at radius 3 is 0.790 bits per heavy atom. The van der Waals surface area contributed by atoms with Crippen molar-refractivity contribution >= 4 is 17.9 Å². The lowest BCUT2D eigenvalue weighted by molar-refractivity contribution is -0.167. The zero-order valence-electron chi connectivity index (χ0n) is 42.3. The molecule has 0 aromatic carbocycles. The van der Waals surface area contributed by atoms with Gasteiger partial charge in [-0.3, -0.25) is 14.4 Å². The summed E-state index contributed by atoms with van der Waals surface area (Å²) in [6.45, 7) is 9.03. The van der Waals surface area contributed by atoms with Crippen LogP contribution in [0.15, 0.2) is 0 Å². The molecule has 0 aromatic heterocycles. The summed E-state index contributed by atoms with van der Waals surface area (Å²) in [5.41, 5.74) is 0. The van der Waals surface area contributed by atoms with Crippen LogP contribution in [0.1, 0.15) is 317 Å². The number of hydrogen-bond acceptors (Lipinski definition) is 6. The molecule has 0 spiro atoms. The molecule has 0 heterocycles. The normalized spacial score (nSPS) is 12.0. The predicted octanol–water partition coefficient (Wildman–Crippen LogP) is 18.2. The first kappa shape index (κ1) is 60.4. The van der Waals surface area contributed by atoms with Crippen LogP contribution in [0.5, 0.6) is 0 Å². The Morgan fingerprint density at radius 2 is 0.532 bits per heavy atom. The van der Waals surface area contributed by atoms with E-state index in [-0.39, 0.29) is 31.1 Å². The summed E-state index contributed by atoms with van der Waals surface area (Å²) >= 11 is 0. The van der Waals surface area contributed by atoms with Crippen molar-refractivity contribution < 1.29 is 28.6 Å². The third-order valence-corrected chi connectivity index (χ3v) is 12.8. The van der Waals surface area contributed by atoms with Gasteiger partial charge in [-0.15, -0.1) is 0 Å². The zero-order valence-corrected chi connectivity index (χ0v) is 42.3. The van der Waals surface area contributed by atoms with Crippen LogP contribution in [0.2, 0.25) is 0 Å². The zero-order chi connectivity index (χ0) is 45.2. The van der Waals surface area contributed by atoms with Crippen molar-refractivity contribution in [3.8, 4) is 0 Å². The lowest BCUT2D eigenvalue weighted by atomic mass is 10.0. The molecule has 0 aromatic rings. The predicted molar refractivity (Wildman–Crippen MR) is 266 cm³/mol. The van der Waals surface area contributed by atoms with E-state index in [0.717, 1.165) is 63.7 Å². The molecule has 0 amide bonds. The average Bonchev–Trinajstić information content (AvgIpc) is 3.26. The van der Waals surface area contributed by atoms with Gasteiger partial charge in [-0.1, -0.05) is 278 Å². The Hall–Kier alpha value is -1.59. The van der Waals surface area contributed by atoms with Gasteiger partial charge in [0.1, 0.15) is 13.2 Å². The second-order valence-corrected chi connectivity index (χ2v) is 19.7. The van der Waals surface area contributed by atoms with Crippen LogP contribution in [0, 0.1) is 5.92 Å². The fourth-order valence-electron chi connectivity index (χ4n) is 8.57. The highest BCUT2D eigenvalue weighted by molar-refractivity contribution is 5.71. The molecule has 0 aliphatic carbocycles.